The summed E-state index contributed by atoms with van der Waals surface area (Å²) in [5.41, 5.74) is 4.00. The highest BCUT2D eigenvalue weighted by Crippen LogP contribution is 2.49. The molecule has 6 nitrogen and oxygen atoms in total. The van der Waals surface area contributed by atoms with Gasteiger partial charge >= 0.3 is 11.9 Å². The predicted octanol–water partition coefficient (Wildman–Crippen LogP) is 3.99. The molecule has 1 aromatic carbocycles. The zero-order valence-electron chi connectivity index (χ0n) is 18.4. The van der Waals surface area contributed by atoms with Crippen molar-refractivity contribution in [3.63, 3.8) is 0 Å². The van der Waals surface area contributed by atoms with Crippen LogP contribution < -0.4 is 5.32 Å². The van der Waals surface area contributed by atoms with Crippen LogP contribution in [-0.4, -0.2) is 31.9 Å². The van der Waals surface area contributed by atoms with Gasteiger partial charge in [0.1, 0.15) is 5.92 Å². The molecule has 4 rings (SSSR count). The molecule has 0 fully saturated rings. The van der Waals surface area contributed by atoms with Gasteiger partial charge in [0.25, 0.3) is 0 Å². The highest BCUT2D eigenvalue weighted by Gasteiger charge is 2.49. The molecule has 0 unspecified atom stereocenters. The number of hydrogen-bond acceptors (Lipinski definition) is 7. The summed E-state index contributed by atoms with van der Waals surface area (Å²) in [7, 11) is 2.63. The fourth-order valence-electron chi connectivity index (χ4n) is 4.80. The van der Waals surface area contributed by atoms with E-state index in [9.17, 15) is 14.4 Å². The van der Waals surface area contributed by atoms with Gasteiger partial charge in [-0.1, -0.05) is 30.3 Å². The number of rotatable bonds is 4. The van der Waals surface area contributed by atoms with E-state index >= 15 is 0 Å². The Labute approximate surface area is 190 Å². The number of methoxy groups -OCH3 is 2. The van der Waals surface area contributed by atoms with E-state index in [1.807, 2.05) is 55.6 Å². The van der Waals surface area contributed by atoms with E-state index in [1.165, 1.54) is 25.6 Å². The van der Waals surface area contributed by atoms with Crippen LogP contribution in [0.5, 0.6) is 0 Å². The van der Waals surface area contributed by atoms with Gasteiger partial charge in [0.05, 0.1) is 19.8 Å². The Bertz CT molecular complexity index is 1140. The van der Waals surface area contributed by atoms with Gasteiger partial charge in [0.2, 0.25) is 0 Å². The topological polar surface area (TPSA) is 81.7 Å². The first-order valence-corrected chi connectivity index (χ1v) is 11.3. The Kier molecular flexibility index (Phi) is 6.02. The number of nitrogens with one attached hydrogen (secondary N) is 1. The standard InChI is InChI=1S/C25H25NO5S/c1-13-8-5-6-9-15(13)20-19(24(28)30-3)14(2)26-17-12-16(18-10-7-11-32-18)21(25(29)31-4)23(27)22(17)20/h5-11,16,20-21,26H,12H2,1-4H3/t16-,20-,21+/m0/s1. The molecular weight excluding hydrogens is 426 g/mol. The van der Waals surface area contributed by atoms with Gasteiger partial charge in [0, 0.05) is 33.7 Å². The highest BCUT2D eigenvalue weighted by atomic mass is 32.1. The second-order valence-electron chi connectivity index (χ2n) is 8.03. The lowest BCUT2D eigenvalue weighted by atomic mass is 9.68. The number of Topliss-reactive ketones (excluding diaryl/α,β-unsaturated/α-hetero) is 1. The SMILES string of the molecule is COC(=O)C1=C(C)NC2=C(C(=O)[C@H](C(=O)OC)[C@H](c3cccs3)C2)[C@H]1c1ccccc1C. The Balaban J connectivity index is 1.93. The minimum atomic E-state index is -0.969. The Hall–Kier alpha value is -3.19. The number of carbonyl (C=O) groups is 3. The van der Waals surface area contributed by atoms with Crippen LogP contribution in [0.15, 0.2) is 64.3 Å². The third-order valence-electron chi connectivity index (χ3n) is 6.29. The van der Waals surface area contributed by atoms with E-state index < -0.39 is 23.8 Å². The average Bonchev–Trinajstić information content (AvgIpc) is 3.32. The summed E-state index contributed by atoms with van der Waals surface area (Å²) in [6.07, 6.45) is 0.468. The zero-order chi connectivity index (χ0) is 23.0. The maximum Gasteiger partial charge on any atom is 0.336 e. The smallest absolute Gasteiger partial charge is 0.336 e. The summed E-state index contributed by atoms with van der Waals surface area (Å²) in [4.78, 5) is 40.6. The maximum atomic E-state index is 14.0. The first-order valence-electron chi connectivity index (χ1n) is 10.4. The zero-order valence-corrected chi connectivity index (χ0v) is 19.2. The summed E-state index contributed by atoms with van der Waals surface area (Å²) in [6.45, 7) is 3.76. The second kappa shape index (κ2) is 8.74. The van der Waals surface area contributed by atoms with Gasteiger partial charge in [-0.15, -0.1) is 11.3 Å². The van der Waals surface area contributed by atoms with Crippen LogP contribution in [-0.2, 0) is 23.9 Å². The lowest BCUT2D eigenvalue weighted by Gasteiger charge is -2.39. The average molecular weight is 452 g/mol. The molecule has 166 valence electrons. The van der Waals surface area contributed by atoms with Crippen LogP contribution in [0.2, 0.25) is 0 Å². The first-order chi connectivity index (χ1) is 15.4. The molecule has 2 aromatic rings. The van der Waals surface area contributed by atoms with Crippen molar-refractivity contribution in [3.05, 3.63) is 80.3 Å². The Morgan fingerprint density at radius 2 is 1.81 bits per heavy atom. The van der Waals surface area contributed by atoms with E-state index in [4.69, 9.17) is 9.47 Å². The van der Waals surface area contributed by atoms with Gasteiger partial charge < -0.3 is 14.8 Å². The van der Waals surface area contributed by atoms with E-state index in [2.05, 4.69) is 5.32 Å². The van der Waals surface area contributed by atoms with Gasteiger partial charge in [-0.25, -0.2) is 4.79 Å². The molecule has 0 saturated heterocycles. The number of allylic oxidation sites excluding steroid dienone is 3. The van der Waals surface area contributed by atoms with Crippen LogP contribution >= 0.6 is 11.3 Å². The summed E-state index contributed by atoms with van der Waals surface area (Å²) < 4.78 is 10.1. The van der Waals surface area contributed by atoms with E-state index in [-0.39, 0.29) is 11.7 Å². The molecule has 7 heteroatoms. The van der Waals surface area contributed by atoms with Gasteiger partial charge in [0.15, 0.2) is 5.78 Å². The van der Waals surface area contributed by atoms with Crippen LogP contribution in [0.1, 0.15) is 41.2 Å². The third kappa shape index (κ3) is 3.56. The predicted molar refractivity (Wildman–Crippen MR) is 121 cm³/mol. The summed E-state index contributed by atoms with van der Waals surface area (Å²) in [6, 6.07) is 11.5. The Morgan fingerprint density at radius 1 is 1.06 bits per heavy atom. The quantitative estimate of drug-likeness (QED) is 0.559. The first kappa shape index (κ1) is 22.0. The number of hydrogen-bond donors (Lipinski definition) is 1. The normalized spacial score (nSPS) is 22.9. The summed E-state index contributed by atoms with van der Waals surface area (Å²) >= 11 is 1.52. The minimum Gasteiger partial charge on any atom is -0.468 e. The molecule has 0 amide bonds. The van der Waals surface area contributed by atoms with Crippen molar-refractivity contribution in [3.8, 4) is 0 Å². The van der Waals surface area contributed by atoms with Crippen LogP contribution in [0.4, 0.5) is 0 Å². The molecule has 2 heterocycles. The maximum absolute atomic E-state index is 14.0. The van der Waals surface area contributed by atoms with Crippen molar-refractivity contribution >= 4 is 29.1 Å². The van der Waals surface area contributed by atoms with Gasteiger partial charge in [-0.3, -0.25) is 9.59 Å². The number of ether oxygens (including phenoxy) is 2. The molecule has 2 aliphatic rings. The van der Waals surface area contributed by atoms with Crippen molar-refractivity contribution in [1.29, 1.82) is 0 Å². The number of thiophene rings is 1. The number of aryl methyl sites for hydroxylation is 1. The molecule has 1 aliphatic carbocycles. The van der Waals surface area contributed by atoms with Crippen LogP contribution in [0, 0.1) is 12.8 Å². The molecule has 0 spiro atoms. The molecule has 1 aliphatic heterocycles. The number of ketones is 1. The Morgan fingerprint density at radius 3 is 2.44 bits per heavy atom. The molecule has 0 saturated carbocycles. The molecule has 0 radical (unpaired) electrons. The van der Waals surface area contributed by atoms with E-state index in [1.54, 1.807) is 0 Å². The number of carbonyl (C=O) groups excluding carboxylic acids is 3. The number of dihydropyridines is 1. The van der Waals surface area contributed by atoms with Crippen molar-refractivity contribution in [2.24, 2.45) is 5.92 Å². The van der Waals surface area contributed by atoms with E-state index in [0.717, 1.165) is 21.7 Å². The third-order valence-corrected chi connectivity index (χ3v) is 7.29. The van der Waals surface area contributed by atoms with Crippen molar-refractivity contribution in [2.75, 3.05) is 14.2 Å². The van der Waals surface area contributed by atoms with E-state index in [0.29, 0.717) is 23.3 Å². The fraction of sp³-hybridized carbons (Fsp3) is 0.320. The molecule has 0 bridgehead atoms. The highest BCUT2D eigenvalue weighted by molar-refractivity contribution is 7.10. The van der Waals surface area contributed by atoms with Crippen LogP contribution in [0.25, 0.3) is 0 Å². The number of benzene rings is 1. The fourth-order valence-corrected chi connectivity index (χ4v) is 5.67. The monoisotopic (exact) mass is 451 g/mol. The second-order valence-corrected chi connectivity index (χ2v) is 9.01. The largest absolute Gasteiger partial charge is 0.468 e. The molecule has 3 atom stereocenters. The van der Waals surface area contributed by atoms with Gasteiger partial charge in [-0.2, -0.15) is 0 Å². The van der Waals surface area contributed by atoms with Crippen molar-refractivity contribution in [1.82, 2.24) is 5.32 Å². The minimum absolute atomic E-state index is 0.314. The number of esters is 2. The van der Waals surface area contributed by atoms with Crippen molar-refractivity contribution < 1.29 is 23.9 Å². The van der Waals surface area contributed by atoms with Crippen LogP contribution in [0.3, 0.4) is 0 Å². The molecule has 1 N–H and O–H groups in total. The molecule has 32 heavy (non-hydrogen) atoms. The van der Waals surface area contributed by atoms with Crippen molar-refractivity contribution in [2.45, 2.75) is 32.1 Å². The summed E-state index contributed by atoms with van der Waals surface area (Å²) in [5, 5.41) is 5.23. The lowest BCUT2D eigenvalue weighted by molar-refractivity contribution is -0.149. The lowest BCUT2D eigenvalue weighted by Crippen LogP contribution is -2.43. The molecule has 1 aromatic heterocycles. The summed E-state index contributed by atoms with van der Waals surface area (Å²) in [5.74, 6) is -3.30. The molecular formula is C25H25NO5S. The van der Waals surface area contributed by atoms with Gasteiger partial charge in [-0.05, 0) is 42.8 Å².